The lowest BCUT2D eigenvalue weighted by Gasteiger charge is -2.09. The first-order valence-electron chi connectivity index (χ1n) is 6.68. The maximum atomic E-state index is 12.8. The molecule has 2 heterocycles. The third kappa shape index (κ3) is 2.08. The van der Waals surface area contributed by atoms with Crippen molar-refractivity contribution < 1.29 is 0 Å². The highest BCUT2D eigenvalue weighted by atomic mass is 127. The topological polar surface area (TPSA) is 65.1 Å². The molecule has 0 bridgehead atoms. The third-order valence-corrected chi connectivity index (χ3v) is 4.21. The molecule has 0 amide bonds. The molecule has 0 unspecified atom stereocenters. The number of halogens is 1. The van der Waals surface area contributed by atoms with Crippen molar-refractivity contribution in [3.05, 3.63) is 68.0 Å². The normalized spacial score (nSPS) is 11.3. The van der Waals surface area contributed by atoms with Crippen molar-refractivity contribution in [1.82, 2.24) is 24.6 Å². The summed E-state index contributed by atoms with van der Waals surface area (Å²) in [6.45, 7) is 0.435. The predicted molar refractivity (Wildman–Crippen MR) is 90.8 cm³/mol. The van der Waals surface area contributed by atoms with Gasteiger partial charge in [-0.3, -0.25) is 9.36 Å². The van der Waals surface area contributed by atoms with Gasteiger partial charge in [-0.05, 0) is 56.8 Å². The Labute approximate surface area is 138 Å². The van der Waals surface area contributed by atoms with E-state index >= 15 is 0 Å². The van der Waals surface area contributed by atoms with Crippen molar-refractivity contribution in [2.75, 3.05) is 0 Å². The fourth-order valence-corrected chi connectivity index (χ4v) is 3.01. The smallest absolute Gasteiger partial charge is 0.263 e. The summed E-state index contributed by atoms with van der Waals surface area (Å²) in [6.07, 6.45) is 0. The van der Waals surface area contributed by atoms with E-state index in [9.17, 15) is 4.79 Å². The first kappa shape index (κ1) is 13.4. The van der Waals surface area contributed by atoms with Gasteiger partial charge in [-0.1, -0.05) is 35.4 Å². The molecule has 0 aliphatic carbocycles. The molecule has 4 rings (SSSR count). The van der Waals surface area contributed by atoms with Gasteiger partial charge in [0.05, 0.1) is 17.4 Å². The second kappa shape index (κ2) is 5.16. The van der Waals surface area contributed by atoms with Gasteiger partial charge in [-0.2, -0.15) is 4.52 Å². The molecule has 0 aliphatic rings. The summed E-state index contributed by atoms with van der Waals surface area (Å²) in [5.41, 5.74) is 1.66. The number of fused-ring (bicyclic) bond motifs is 3. The average Bonchev–Trinajstić information content (AvgIpc) is 3.02. The van der Waals surface area contributed by atoms with E-state index in [1.54, 1.807) is 9.08 Å². The second-order valence-corrected chi connectivity index (χ2v) is 6.17. The summed E-state index contributed by atoms with van der Waals surface area (Å²) in [4.78, 5) is 12.8. The minimum absolute atomic E-state index is 0.0836. The van der Waals surface area contributed by atoms with Gasteiger partial charge in [0.1, 0.15) is 0 Å². The summed E-state index contributed by atoms with van der Waals surface area (Å²) >= 11 is 2.19. The van der Waals surface area contributed by atoms with Crippen LogP contribution < -0.4 is 5.56 Å². The van der Waals surface area contributed by atoms with Crippen molar-refractivity contribution in [1.29, 1.82) is 0 Å². The fraction of sp³-hybridized carbons (Fsp3) is 0.0667. The lowest BCUT2D eigenvalue weighted by molar-refractivity contribution is 0.758. The number of tetrazole rings is 1. The van der Waals surface area contributed by atoms with Crippen molar-refractivity contribution in [3.63, 3.8) is 0 Å². The summed E-state index contributed by atoms with van der Waals surface area (Å²) in [5, 5.41) is 12.4. The molecule has 0 saturated carbocycles. The number of hydrogen-bond donors (Lipinski definition) is 0. The molecule has 6 nitrogen and oxygen atoms in total. The van der Waals surface area contributed by atoms with Crippen LogP contribution in [-0.4, -0.2) is 24.6 Å². The largest absolute Gasteiger partial charge is 0.271 e. The van der Waals surface area contributed by atoms with E-state index in [0.29, 0.717) is 17.7 Å². The molecule has 4 aromatic rings. The zero-order valence-corrected chi connectivity index (χ0v) is 13.5. The number of hydrogen-bond acceptors (Lipinski definition) is 4. The number of benzene rings is 2. The molecular weight excluding hydrogens is 393 g/mol. The van der Waals surface area contributed by atoms with E-state index in [4.69, 9.17) is 0 Å². The molecule has 0 fully saturated rings. The zero-order chi connectivity index (χ0) is 15.1. The van der Waals surface area contributed by atoms with Gasteiger partial charge in [-0.15, -0.1) is 0 Å². The van der Waals surface area contributed by atoms with Crippen LogP contribution in [-0.2, 0) is 6.54 Å². The van der Waals surface area contributed by atoms with Crippen LogP contribution >= 0.6 is 22.6 Å². The van der Waals surface area contributed by atoms with Crippen molar-refractivity contribution in [3.8, 4) is 0 Å². The molecule has 0 atom stereocenters. The lowest BCUT2D eigenvalue weighted by Crippen LogP contribution is -2.24. The van der Waals surface area contributed by atoms with Crippen LogP contribution in [0.15, 0.2) is 53.3 Å². The minimum atomic E-state index is -0.0836. The van der Waals surface area contributed by atoms with Crippen LogP contribution in [0.5, 0.6) is 0 Å². The van der Waals surface area contributed by atoms with E-state index in [2.05, 4.69) is 38.1 Å². The van der Waals surface area contributed by atoms with Gasteiger partial charge in [0.25, 0.3) is 11.3 Å². The SMILES string of the molecule is O=c1c2cc(I)ccc2n2nnnc2n1Cc1ccccc1. The molecule has 0 aliphatic heterocycles. The van der Waals surface area contributed by atoms with Crippen LogP contribution in [0, 0.1) is 3.57 Å². The van der Waals surface area contributed by atoms with Gasteiger partial charge in [-0.25, -0.2) is 0 Å². The average molecular weight is 403 g/mol. The monoisotopic (exact) mass is 403 g/mol. The first-order valence-corrected chi connectivity index (χ1v) is 7.76. The van der Waals surface area contributed by atoms with Gasteiger partial charge in [0, 0.05) is 3.57 Å². The Morgan fingerprint density at radius 1 is 1.09 bits per heavy atom. The molecule has 0 saturated heterocycles. The van der Waals surface area contributed by atoms with Gasteiger partial charge in [0.2, 0.25) is 0 Å². The molecule has 2 aromatic carbocycles. The third-order valence-electron chi connectivity index (χ3n) is 3.54. The van der Waals surface area contributed by atoms with Crippen LogP contribution in [0.2, 0.25) is 0 Å². The maximum Gasteiger partial charge on any atom is 0.263 e. The Kier molecular flexibility index (Phi) is 3.14. The molecule has 7 heteroatoms. The zero-order valence-electron chi connectivity index (χ0n) is 11.3. The Balaban J connectivity index is 2.05. The first-order chi connectivity index (χ1) is 10.7. The molecule has 0 spiro atoms. The Morgan fingerprint density at radius 3 is 2.73 bits per heavy atom. The van der Waals surface area contributed by atoms with Crippen molar-refractivity contribution in [2.45, 2.75) is 6.54 Å². The maximum absolute atomic E-state index is 12.8. The molecule has 0 N–H and O–H groups in total. The lowest BCUT2D eigenvalue weighted by atomic mass is 10.2. The molecule has 108 valence electrons. The summed E-state index contributed by atoms with van der Waals surface area (Å²) < 4.78 is 4.21. The van der Waals surface area contributed by atoms with Crippen LogP contribution in [0.25, 0.3) is 16.7 Å². The standard InChI is InChI=1S/C15H10IN5O/c16-11-6-7-13-12(8-11)14(22)20(15-17-18-19-21(13)15)9-10-4-2-1-3-5-10/h1-8H,9H2. The van der Waals surface area contributed by atoms with Crippen LogP contribution in [0.1, 0.15) is 5.56 Å². The quantitative estimate of drug-likeness (QED) is 0.481. The highest BCUT2D eigenvalue weighted by Gasteiger charge is 2.14. The number of rotatable bonds is 2. The van der Waals surface area contributed by atoms with E-state index in [0.717, 1.165) is 14.7 Å². The van der Waals surface area contributed by atoms with Crippen molar-refractivity contribution >= 4 is 39.3 Å². The number of aromatic nitrogens is 5. The van der Waals surface area contributed by atoms with Crippen molar-refractivity contribution in [2.24, 2.45) is 0 Å². The van der Waals surface area contributed by atoms with Crippen LogP contribution in [0.3, 0.4) is 0 Å². The number of nitrogens with zero attached hydrogens (tertiary/aromatic N) is 5. The predicted octanol–water partition coefficient (Wildman–Crippen LogP) is 2.09. The van der Waals surface area contributed by atoms with E-state index < -0.39 is 0 Å². The molecule has 2 aromatic heterocycles. The minimum Gasteiger partial charge on any atom is -0.271 e. The highest BCUT2D eigenvalue weighted by molar-refractivity contribution is 14.1. The van der Waals surface area contributed by atoms with Gasteiger partial charge in [0.15, 0.2) is 0 Å². The van der Waals surface area contributed by atoms with E-state index in [1.165, 1.54) is 0 Å². The Bertz CT molecular complexity index is 1040. The molecule has 0 radical (unpaired) electrons. The van der Waals surface area contributed by atoms with Crippen LogP contribution in [0.4, 0.5) is 0 Å². The summed E-state index contributed by atoms with van der Waals surface area (Å²) in [6, 6.07) is 15.5. The summed E-state index contributed by atoms with van der Waals surface area (Å²) in [5.74, 6) is 0.447. The van der Waals surface area contributed by atoms with Gasteiger partial charge >= 0.3 is 0 Å². The fourth-order valence-electron chi connectivity index (χ4n) is 2.52. The second-order valence-electron chi connectivity index (χ2n) is 4.93. The molecular formula is C15H10IN5O. The molecule has 22 heavy (non-hydrogen) atoms. The Hall–Kier alpha value is -2.29. The highest BCUT2D eigenvalue weighted by Crippen LogP contribution is 2.15. The summed E-state index contributed by atoms with van der Waals surface area (Å²) in [7, 11) is 0. The van der Waals surface area contributed by atoms with E-state index in [-0.39, 0.29) is 5.56 Å². The van der Waals surface area contributed by atoms with E-state index in [1.807, 2.05) is 48.5 Å². The Morgan fingerprint density at radius 2 is 1.91 bits per heavy atom. The van der Waals surface area contributed by atoms with Gasteiger partial charge < -0.3 is 0 Å².